The highest BCUT2D eigenvalue weighted by molar-refractivity contribution is 6.32. The second kappa shape index (κ2) is 5.79. The number of rotatable bonds is 5. The number of nitro groups is 1. The van der Waals surface area contributed by atoms with Crippen LogP contribution in [0.2, 0.25) is 5.02 Å². The number of nitrogens with one attached hydrogen (secondary N) is 1. The summed E-state index contributed by atoms with van der Waals surface area (Å²) in [5, 5.41) is 13.7. The number of amides is 1. The van der Waals surface area contributed by atoms with Gasteiger partial charge in [-0.1, -0.05) is 24.9 Å². The second-order valence-corrected chi connectivity index (χ2v) is 5.72. The molecule has 1 N–H and O–H groups in total. The number of nitro benzene ring substituents is 1. The average molecular weight is 297 g/mol. The zero-order valence-corrected chi connectivity index (χ0v) is 12.1. The Balaban J connectivity index is 2.06. The monoisotopic (exact) mass is 296 g/mol. The summed E-state index contributed by atoms with van der Waals surface area (Å²) < 4.78 is 0. The van der Waals surface area contributed by atoms with E-state index in [1.165, 1.54) is 24.6 Å². The van der Waals surface area contributed by atoms with Gasteiger partial charge in [-0.15, -0.1) is 0 Å². The Morgan fingerprint density at radius 2 is 2.20 bits per heavy atom. The third-order valence-electron chi connectivity index (χ3n) is 4.19. The molecule has 5 nitrogen and oxygen atoms in total. The van der Waals surface area contributed by atoms with Crippen LogP contribution in [0.5, 0.6) is 0 Å². The molecular weight excluding hydrogens is 280 g/mol. The van der Waals surface area contributed by atoms with E-state index in [4.69, 9.17) is 11.6 Å². The van der Waals surface area contributed by atoms with Crippen LogP contribution in [0.3, 0.4) is 0 Å². The molecule has 1 fully saturated rings. The van der Waals surface area contributed by atoms with Gasteiger partial charge in [-0.05, 0) is 36.8 Å². The first-order valence-electron chi connectivity index (χ1n) is 6.69. The number of benzene rings is 1. The molecule has 0 aliphatic heterocycles. The molecule has 0 bridgehead atoms. The number of carbonyl (C=O) groups excluding carboxylic acids is 1. The minimum atomic E-state index is -0.585. The standard InChI is InChI=1S/C14H17ClN2O3/c1-2-14(6-3-7-14)9-16-13(18)10-4-5-11(15)12(8-10)17(19)20/h4-5,8H,2-3,6-7,9H2,1H3,(H,16,18). The molecule has 0 atom stereocenters. The van der Waals surface area contributed by atoms with Crippen molar-refractivity contribution in [1.82, 2.24) is 5.32 Å². The van der Waals surface area contributed by atoms with Crippen LogP contribution < -0.4 is 5.32 Å². The smallest absolute Gasteiger partial charge is 0.288 e. The average Bonchev–Trinajstić information content (AvgIpc) is 2.38. The van der Waals surface area contributed by atoms with Gasteiger partial charge >= 0.3 is 0 Å². The highest BCUT2D eigenvalue weighted by Crippen LogP contribution is 2.43. The van der Waals surface area contributed by atoms with Crippen LogP contribution in [-0.4, -0.2) is 17.4 Å². The highest BCUT2D eigenvalue weighted by atomic mass is 35.5. The van der Waals surface area contributed by atoms with Crippen molar-refractivity contribution in [2.24, 2.45) is 5.41 Å². The molecule has 6 heteroatoms. The van der Waals surface area contributed by atoms with E-state index in [-0.39, 0.29) is 27.6 Å². The first-order chi connectivity index (χ1) is 9.47. The summed E-state index contributed by atoms with van der Waals surface area (Å²) in [6.45, 7) is 2.75. The molecule has 108 valence electrons. The van der Waals surface area contributed by atoms with E-state index >= 15 is 0 Å². The Bertz CT molecular complexity index is 536. The number of hydrogen-bond acceptors (Lipinski definition) is 3. The lowest BCUT2D eigenvalue weighted by molar-refractivity contribution is -0.384. The fourth-order valence-corrected chi connectivity index (χ4v) is 2.68. The van der Waals surface area contributed by atoms with Crippen LogP contribution in [0.1, 0.15) is 43.0 Å². The zero-order chi connectivity index (χ0) is 14.8. The molecule has 0 heterocycles. The summed E-state index contributed by atoms with van der Waals surface area (Å²) in [5.41, 5.74) is 0.244. The maximum absolute atomic E-state index is 12.1. The van der Waals surface area contributed by atoms with Crippen molar-refractivity contribution in [2.45, 2.75) is 32.6 Å². The largest absolute Gasteiger partial charge is 0.351 e. The van der Waals surface area contributed by atoms with Gasteiger partial charge < -0.3 is 5.32 Å². The molecule has 1 amide bonds. The van der Waals surface area contributed by atoms with Crippen LogP contribution in [0.4, 0.5) is 5.69 Å². The third-order valence-corrected chi connectivity index (χ3v) is 4.51. The van der Waals surface area contributed by atoms with Crippen molar-refractivity contribution >= 4 is 23.2 Å². The maximum Gasteiger partial charge on any atom is 0.288 e. The number of carbonyl (C=O) groups is 1. The Hall–Kier alpha value is -1.62. The lowest BCUT2D eigenvalue weighted by atomic mass is 9.67. The fraction of sp³-hybridized carbons (Fsp3) is 0.500. The molecule has 1 aliphatic carbocycles. The van der Waals surface area contributed by atoms with E-state index in [0.29, 0.717) is 6.54 Å². The molecular formula is C14H17ClN2O3. The van der Waals surface area contributed by atoms with Gasteiger partial charge in [0.2, 0.25) is 0 Å². The van der Waals surface area contributed by atoms with E-state index in [9.17, 15) is 14.9 Å². The number of halogens is 1. The summed E-state index contributed by atoms with van der Waals surface area (Å²) >= 11 is 5.73. The minimum Gasteiger partial charge on any atom is -0.351 e. The molecule has 0 aromatic heterocycles. The number of nitrogens with zero attached hydrogens (tertiary/aromatic N) is 1. The molecule has 2 rings (SSSR count). The third kappa shape index (κ3) is 2.93. The Morgan fingerprint density at radius 3 is 2.70 bits per heavy atom. The summed E-state index contributed by atoms with van der Waals surface area (Å²) in [4.78, 5) is 22.3. The second-order valence-electron chi connectivity index (χ2n) is 5.31. The molecule has 1 aromatic carbocycles. The zero-order valence-electron chi connectivity index (χ0n) is 11.3. The van der Waals surface area contributed by atoms with Gasteiger partial charge in [-0.2, -0.15) is 0 Å². The first kappa shape index (κ1) is 14.8. The van der Waals surface area contributed by atoms with Gasteiger partial charge in [-0.3, -0.25) is 14.9 Å². The lowest BCUT2D eigenvalue weighted by Gasteiger charge is -2.41. The first-order valence-corrected chi connectivity index (χ1v) is 7.07. The molecule has 0 saturated heterocycles. The topological polar surface area (TPSA) is 72.2 Å². The SMILES string of the molecule is CCC1(CNC(=O)c2ccc(Cl)c([N+](=O)[O-])c2)CCC1. The van der Waals surface area contributed by atoms with E-state index in [1.54, 1.807) is 0 Å². The van der Waals surface area contributed by atoms with Crippen molar-refractivity contribution in [3.63, 3.8) is 0 Å². The van der Waals surface area contributed by atoms with Crippen LogP contribution in [0.25, 0.3) is 0 Å². The van der Waals surface area contributed by atoms with E-state index < -0.39 is 4.92 Å². The van der Waals surface area contributed by atoms with Gasteiger partial charge in [-0.25, -0.2) is 0 Å². The number of hydrogen-bond donors (Lipinski definition) is 1. The van der Waals surface area contributed by atoms with Gasteiger partial charge in [0.1, 0.15) is 5.02 Å². The quantitative estimate of drug-likeness (QED) is 0.667. The Morgan fingerprint density at radius 1 is 1.50 bits per heavy atom. The van der Waals surface area contributed by atoms with Crippen LogP contribution in [0.15, 0.2) is 18.2 Å². The van der Waals surface area contributed by atoms with Crippen molar-refractivity contribution < 1.29 is 9.72 Å². The molecule has 1 saturated carbocycles. The predicted molar refractivity (Wildman–Crippen MR) is 77.0 cm³/mol. The van der Waals surface area contributed by atoms with E-state index in [1.807, 2.05) is 0 Å². The Kier molecular flexibility index (Phi) is 4.28. The van der Waals surface area contributed by atoms with Crippen LogP contribution >= 0.6 is 11.6 Å². The molecule has 20 heavy (non-hydrogen) atoms. The summed E-state index contributed by atoms with van der Waals surface area (Å²) in [6, 6.07) is 4.11. The van der Waals surface area contributed by atoms with Gasteiger partial charge in [0.05, 0.1) is 4.92 Å². The Labute approximate surface area is 122 Å². The summed E-state index contributed by atoms with van der Waals surface area (Å²) in [5.74, 6) is -0.288. The van der Waals surface area contributed by atoms with E-state index in [0.717, 1.165) is 19.3 Å². The van der Waals surface area contributed by atoms with Crippen LogP contribution in [-0.2, 0) is 0 Å². The maximum atomic E-state index is 12.1. The molecule has 0 spiro atoms. The van der Waals surface area contributed by atoms with E-state index in [2.05, 4.69) is 12.2 Å². The van der Waals surface area contributed by atoms with Crippen molar-refractivity contribution in [2.75, 3.05) is 6.54 Å². The van der Waals surface area contributed by atoms with Gasteiger partial charge in [0.15, 0.2) is 0 Å². The van der Waals surface area contributed by atoms with Gasteiger partial charge in [0, 0.05) is 18.2 Å². The van der Waals surface area contributed by atoms with Gasteiger partial charge in [0.25, 0.3) is 11.6 Å². The highest BCUT2D eigenvalue weighted by Gasteiger charge is 2.35. The summed E-state index contributed by atoms with van der Waals surface area (Å²) in [6.07, 6.45) is 4.50. The molecule has 0 unspecified atom stereocenters. The predicted octanol–water partition coefficient (Wildman–Crippen LogP) is 3.56. The molecule has 1 aliphatic rings. The van der Waals surface area contributed by atoms with Crippen molar-refractivity contribution in [3.05, 3.63) is 38.9 Å². The van der Waals surface area contributed by atoms with Crippen molar-refractivity contribution in [1.29, 1.82) is 0 Å². The fourth-order valence-electron chi connectivity index (χ4n) is 2.50. The molecule has 1 aromatic rings. The van der Waals surface area contributed by atoms with Crippen molar-refractivity contribution in [3.8, 4) is 0 Å². The summed E-state index contributed by atoms with van der Waals surface area (Å²) in [7, 11) is 0. The molecule has 0 radical (unpaired) electrons. The lowest BCUT2D eigenvalue weighted by Crippen LogP contribution is -2.41. The normalized spacial score (nSPS) is 16.3. The van der Waals surface area contributed by atoms with Crippen LogP contribution in [0, 0.1) is 15.5 Å². The minimum absolute atomic E-state index is 0.0376.